The molecule has 0 saturated heterocycles. The molecular weight excluding hydrogens is 267 g/mol. The summed E-state index contributed by atoms with van der Waals surface area (Å²) in [6.45, 7) is 1.68. The molecule has 3 nitrogen and oxygen atoms in total. The van der Waals surface area contributed by atoms with Crippen molar-refractivity contribution in [2.45, 2.75) is 19.5 Å². The maximum absolute atomic E-state index is 14.4. The van der Waals surface area contributed by atoms with Gasteiger partial charge in [-0.05, 0) is 12.5 Å². The highest BCUT2D eigenvalue weighted by Crippen LogP contribution is 2.25. The van der Waals surface area contributed by atoms with E-state index in [1.807, 2.05) is 36.4 Å². The van der Waals surface area contributed by atoms with Crippen LogP contribution in [-0.4, -0.2) is 17.7 Å². The number of hydrogen-bond donors (Lipinski definition) is 1. The smallest absolute Gasteiger partial charge is 0.176 e. The van der Waals surface area contributed by atoms with Gasteiger partial charge in [0.05, 0.1) is 5.71 Å². The minimum Gasteiger partial charge on any atom is -0.303 e. The zero-order valence-electron chi connectivity index (χ0n) is 11.6. The van der Waals surface area contributed by atoms with Crippen LogP contribution >= 0.6 is 0 Å². The van der Waals surface area contributed by atoms with Crippen LogP contribution in [0.3, 0.4) is 0 Å². The van der Waals surface area contributed by atoms with Crippen LogP contribution in [-0.2, 0) is 11.2 Å². The summed E-state index contributed by atoms with van der Waals surface area (Å²) in [6.07, 6.45) is -0.976. The highest BCUT2D eigenvalue weighted by atomic mass is 19.1. The van der Waals surface area contributed by atoms with Gasteiger partial charge >= 0.3 is 0 Å². The number of Topliss-reactive ketones (excluding diaryl/α,β-unsaturated/α-hetero) is 1. The number of aryl methyl sites for hydroxylation is 1. The normalized spacial score (nSPS) is 18.0. The first kappa shape index (κ1) is 13.6. The third-order valence-electron chi connectivity index (χ3n) is 3.69. The molecule has 21 heavy (non-hydrogen) atoms. The number of ketones is 1. The van der Waals surface area contributed by atoms with Crippen LogP contribution in [0.25, 0.3) is 0 Å². The summed E-state index contributed by atoms with van der Waals surface area (Å²) in [5, 5.41) is 0. The number of nitrogens with two attached hydrogens (primary N) is 1. The lowest BCUT2D eigenvalue weighted by atomic mass is 9.93. The van der Waals surface area contributed by atoms with Crippen LogP contribution in [0.5, 0.6) is 0 Å². The molecule has 0 bridgehead atoms. The van der Waals surface area contributed by atoms with E-state index in [2.05, 4.69) is 4.99 Å². The lowest BCUT2D eigenvalue weighted by molar-refractivity contribution is -0.119. The number of nitrogens with zero attached hydrogens (tertiary/aromatic N) is 1. The van der Waals surface area contributed by atoms with Crippen LogP contribution in [0.2, 0.25) is 0 Å². The van der Waals surface area contributed by atoms with E-state index in [4.69, 9.17) is 5.73 Å². The molecule has 1 unspecified atom stereocenters. The Morgan fingerprint density at radius 1 is 1.19 bits per heavy atom. The SMILES string of the molecule is Cc1ccc2c(c1F)CC(=O)C(N)N=C2c1ccccc1. The Morgan fingerprint density at radius 2 is 1.90 bits per heavy atom. The number of aliphatic imine (C=N–C) groups is 1. The molecule has 2 aromatic carbocycles. The molecule has 0 saturated carbocycles. The molecule has 0 fully saturated rings. The first-order valence-electron chi connectivity index (χ1n) is 6.78. The molecule has 0 aromatic heterocycles. The molecule has 2 N–H and O–H groups in total. The van der Waals surface area contributed by atoms with E-state index in [0.29, 0.717) is 22.4 Å². The van der Waals surface area contributed by atoms with Crippen molar-refractivity contribution >= 4 is 11.5 Å². The van der Waals surface area contributed by atoms with Gasteiger partial charge in [0.1, 0.15) is 5.82 Å². The Bertz CT molecular complexity index is 738. The molecule has 106 valence electrons. The van der Waals surface area contributed by atoms with E-state index in [1.54, 1.807) is 13.0 Å². The van der Waals surface area contributed by atoms with Gasteiger partial charge in [0, 0.05) is 23.1 Å². The van der Waals surface area contributed by atoms with E-state index in [9.17, 15) is 9.18 Å². The van der Waals surface area contributed by atoms with Gasteiger partial charge in [-0.3, -0.25) is 9.79 Å². The zero-order valence-corrected chi connectivity index (χ0v) is 11.6. The second-order valence-electron chi connectivity index (χ2n) is 5.15. The van der Waals surface area contributed by atoms with E-state index < -0.39 is 6.17 Å². The topological polar surface area (TPSA) is 55.5 Å². The Balaban J connectivity index is 2.27. The summed E-state index contributed by atoms with van der Waals surface area (Å²) >= 11 is 0. The minimum atomic E-state index is -0.952. The Labute approximate surface area is 122 Å². The summed E-state index contributed by atoms with van der Waals surface area (Å²) in [5.74, 6) is -0.620. The number of carbonyl (C=O) groups excluding carboxylic acids is 1. The third kappa shape index (κ3) is 2.38. The van der Waals surface area contributed by atoms with Crippen molar-refractivity contribution in [1.82, 2.24) is 0 Å². The highest BCUT2D eigenvalue weighted by Gasteiger charge is 2.26. The molecule has 2 aromatic rings. The number of benzene rings is 2. The van der Waals surface area contributed by atoms with Gasteiger partial charge in [0.2, 0.25) is 0 Å². The van der Waals surface area contributed by atoms with Crippen LogP contribution < -0.4 is 5.73 Å². The molecule has 1 atom stereocenters. The molecule has 3 rings (SSSR count). The van der Waals surface area contributed by atoms with Gasteiger partial charge in [0.15, 0.2) is 11.9 Å². The van der Waals surface area contributed by atoms with Crippen molar-refractivity contribution in [1.29, 1.82) is 0 Å². The third-order valence-corrected chi connectivity index (χ3v) is 3.69. The molecule has 0 amide bonds. The number of carbonyl (C=O) groups is 1. The van der Waals surface area contributed by atoms with Crippen molar-refractivity contribution in [3.05, 3.63) is 70.5 Å². The van der Waals surface area contributed by atoms with Gasteiger partial charge < -0.3 is 5.73 Å². The summed E-state index contributed by atoms with van der Waals surface area (Å²) in [5.41, 5.74) is 8.76. The predicted molar refractivity (Wildman–Crippen MR) is 79.9 cm³/mol. The lowest BCUT2D eigenvalue weighted by Crippen LogP contribution is -2.29. The van der Waals surface area contributed by atoms with Crippen molar-refractivity contribution in [2.75, 3.05) is 0 Å². The predicted octanol–water partition coefficient (Wildman–Crippen LogP) is 2.38. The fourth-order valence-corrected chi connectivity index (χ4v) is 2.52. The van der Waals surface area contributed by atoms with Crippen molar-refractivity contribution in [3.8, 4) is 0 Å². The number of rotatable bonds is 1. The molecule has 4 heteroatoms. The molecule has 1 aliphatic heterocycles. The highest BCUT2D eigenvalue weighted by molar-refractivity contribution is 6.16. The fourth-order valence-electron chi connectivity index (χ4n) is 2.52. The van der Waals surface area contributed by atoms with E-state index in [-0.39, 0.29) is 18.0 Å². The first-order valence-corrected chi connectivity index (χ1v) is 6.78. The number of fused-ring (bicyclic) bond motifs is 1. The first-order chi connectivity index (χ1) is 10.1. The maximum atomic E-state index is 14.4. The number of halogens is 1. The maximum Gasteiger partial charge on any atom is 0.176 e. The Hall–Kier alpha value is -2.33. The molecule has 0 aliphatic carbocycles. The minimum absolute atomic E-state index is 0.0240. The standard InChI is InChI=1S/C17H15FN2O/c1-10-7-8-12-13(15(10)18)9-14(21)17(19)20-16(12)11-5-3-2-4-6-11/h2-8,17H,9,19H2,1H3. The lowest BCUT2D eigenvalue weighted by Gasteiger charge is -2.11. The van der Waals surface area contributed by atoms with Gasteiger partial charge in [-0.1, -0.05) is 42.5 Å². The quantitative estimate of drug-likeness (QED) is 0.873. The average molecular weight is 282 g/mol. The largest absolute Gasteiger partial charge is 0.303 e. The molecule has 1 heterocycles. The molecular formula is C17H15FN2O. The fraction of sp³-hybridized carbons (Fsp3) is 0.176. The van der Waals surface area contributed by atoms with Crippen molar-refractivity contribution in [3.63, 3.8) is 0 Å². The summed E-state index contributed by atoms with van der Waals surface area (Å²) in [4.78, 5) is 16.3. The van der Waals surface area contributed by atoms with E-state index >= 15 is 0 Å². The van der Waals surface area contributed by atoms with Gasteiger partial charge in [0.25, 0.3) is 0 Å². The van der Waals surface area contributed by atoms with Gasteiger partial charge in [-0.15, -0.1) is 0 Å². The number of hydrogen-bond acceptors (Lipinski definition) is 3. The zero-order chi connectivity index (χ0) is 15.0. The molecule has 0 spiro atoms. The molecule has 0 radical (unpaired) electrons. The second-order valence-corrected chi connectivity index (χ2v) is 5.15. The van der Waals surface area contributed by atoms with Crippen LogP contribution in [0.4, 0.5) is 4.39 Å². The van der Waals surface area contributed by atoms with Crippen molar-refractivity contribution < 1.29 is 9.18 Å². The van der Waals surface area contributed by atoms with Crippen LogP contribution in [0.15, 0.2) is 47.5 Å². The van der Waals surface area contributed by atoms with E-state index in [0.717, 1.165) is 5.56 Å². The van der Waals surface area contributed by atoms with Crippen molar-refractivity contribution in [2.24, 2.45) is 10.7 Å². The monoisotopic (exact) mass is 282 g/mol. The summed E-state index contributed by atoms with van der Waals surface area (Å²) in [6, 6.07) is 12.9. The Kier molecular flexibility index (Phi) is 3.39. The summed E-state index contributed by atoms with van der Waals surface area (Å²) in [7, 11) is 0. The van der Waals surface area contributed by atoms with Gasteiger partial charge in [-0.25, -0.2) is 4.39 Å². The second kappa shape index (κ2) is 5.22. The van der Waals surface area contributed by atoms with Crippen LogP contribution in [0, 0.1) is 12.7 Å². The van der Waals surface area contributed by atoms with Gasteiger partial charge in [-0.2, -0.15) is 0 Å². The van der Waals surface area contributed by atoms with E-state index in [1.165, 1.54) is 0 Å². The molecule has 1 aliphatic rings. The average Bonchev–Trinajstić information content (AvgIpc) is 2.62. The Morgan fingerprint density at radius 3 is 2.62 bits per heavy atom. The van der Waals surface area contributed by atoms with Crippen LogP contribution in [0.1, 0.15) is 22.3 Å². The summed E-state index contributed by atoms with van der Waals surface area (Å²) < 4.78 is 14.4.